The number of rotatable bonds is 5. The Balaban J connectivity index is 2.13. The van der Waals surface area contributed by atoms with Crippen molar-refractivity contribution in [3.63, 3.8) is 0 Å². The van der Waals surface area contributed by atoms with Gasteiger partial charge in [0.25, 0.3) is 11.7 Å². The number of hydrogen-bond donors (Lipinski definition) is 2. The lowest BCUT2D eigenvalue weighted by molar-refractivity contribution is -0.140. The molecule has 8 heteroatoms. The Hall–Kier alpha value is -3.16. The van der Waals surface area contributed by atoms with Gasteiger partial charge in [-0.1, -0.05) is 23.7 Å². The molecule has 1 fully saturated rings. The van der Waals surface area contributed by atoms with E-state index in [9.17, 15) is 24.6 Å². The number of Topliss-reactive ketones (excluding diaryl/α,β-unsaturated/α-hetero) is 1. The zero-order chi connectivity index (χ0) is 21.1. The number of halogens is 1. The minimum absolute atomic E-state index is 0.0919. The van der Waals surface area contributed by atoms with Crippen LogP contribution in [0.1, 0.15) is 27.5 Å². The summed E-state index contributed by atoms with van der Waals surface area (Å²) in [6.45, 7) is -0.448. The quantitative estimate of drug-likeness (QED) is 0.336. The lowest BCUT2D eigenvalue weighted by Crippen LogP contribution is -2.32. The van der Waals surface area contributed by atoms with E-state index in [4.69, 9.17) is 11.6 Å². The number of nitrogens with zero attached hydrogens (tertiary/aromatic N) is 1. The van der Waals surface area contributed by atoms with E-state index in [0.29, 0.717) is 21.7 Å². The number of amides is 1. The predicted octanol–water partition coefficient (Wildman–Crippen LogP) is 2.54. The summed E-state index contributed by atoms with van der Waals surface area (Å²) < 4.78 is 4.67. The van der Waals surface area contributed by atoms with Crippen LogP contribution in [0.15, 0.2) is 54.1 Å². The molecule has 1 amide bonds. The summed E-state index contributed by atoms with van der Waals surface area (Å²) in [6.07, 6.45) is 0. The fourth-order valence-electron chi connectivity index (χ4n) is 3.25. The fraction of sp³-hybridized carbons (Fsp3) is 0.190. The Labute approximate surface area is 171 Å². The maximum Gasteiger partial charge on any atom is 0.337 e. The van der Waals surface area contributed by atoms with Gasteiger partial charge < -0.3 is 19.8 Å². The molecular formula is C21H18ClNO6. The maximum absolute atomic E-state index is 12.7. The number of ketones is 1. The Morgan fingerprint density at radius 3 is 2.21 bits per heavy atom. The van der Waals surface area contributed by atoms with Crippen LogP contribution in [0.25, 0.3) is 5.76 Å². The Bertz CT molecular complexity index is 981. The first kappa shape index (κ1) is 20.6. The minimum Gasteiger partial charge on any atom is -0.507 e. The van der Waals surface area contributed by atoms with Crippen LogP contribution in [0.4, 0.5) is 0 Å². The van der Waals surface area contributed by atoms with Crippen LogP contribution in [-0.4, -0.2) is 53.0 Å². The van der Waals surface area contributed by atoms with Crippen molar-refractivity contribution in [2.24, 2.45) is 0 Å². The molecule has 150 valence electrons. The molecule has 1 heterocycles. The number of benzene rings is 2. The molecule has 7 nitrogen and oxygen atoms in total. The van der Waals surface area contributed by atoms with Gasteiger partial charge in [0.1, 0.15) is 5.76 Å². The molecule has 1 aliphatic heterocycles. The summed E-state index contributed by atoms with van der Waals surface area (Å²) in [7, 11) is 1.26. The third kappa shape index (κ3) is 3.87. The molecule has 0 aromatic heterocycles. The van der Waals surface area contributed by atoms with Crippen molar-refractivity contribution in [1.82, 2.24) is 4.90 Å². The summed E-state index contributed by atoms with van der Waals surface area (Å²) in [5.41, 5.74) is 1.03. The normalized spacial score (nSPS) is 18.2. The number of esters is 1. The molecule has 0 saturated carbocycles. The van der Waals surface area contributed by atoms with E-state index in [0.717, 1.165) is 0 Å². The van der Waals surface area contributed by atoms with Gasteiger partial charge in [-0.25, -0.2) is 4.79 Å². The third-order valence-corrected chi connectivity index (χ3v) is 4.90. The lowest BCUT2D eigenvalue weighted by atomic mass is 9.94. The van der Waals surface area contributed by atoms with E-state index in [1.54, 1.807) is 24.3 Å². The molecule has 0 spiro atoms. The smallest absolute Gasteiger partial charge is 0.337 e. The number of hydrogen-bond acceptors (Lipinski definition) is 6. The number of aliphatic hydroxyl groups excluding tert-OH is 2. The van der Waals surface area contributed by atoms with Gasteiger partial charge in [-0.2, -0.15) is 0 Å². The van der Waals surface area contributed by atoms with Crippen LogP contribution >= 0.6 is 11.6 Å². The Morgan fingerprint density at radius 2 is 1.66 bits per heavy atom. The highest BCUT2D eigenvalue weighted by Crippen LogP contribution is 2.39. The largest absolute Gasteiger partial charge is 0.507 e. The monoisotopic (exact) mass is 415 g/mol. The summed E-state index contributed by atoms with van der Waals surface area (Å²) in [4.78, 5) is 38.1. The standard InChI is InChI=1S/C21H18ClNO6/c1-29-21(28)14-4-2-12(3-5-14)17-16(19(26)20(27)23(17)10-11-24)18(25)13-6-8-15(22)9-7-13/h2-9,17,24-25H,10-11H2,1H3/b18-16+. The topological polar surface area (TPSA) is 104 Å². The molecule has 2 N–H and O–H groups in total. The zero-order valence-corrected chi connectivity index (χ0v) is 16.2. The highest BCUT2D eigenvalue weighted by molar-refractivity contribution is 6.46. The van der Waals surface area contributed by atoms with Crippen molar-refractivity contribution in [3.05, 3.63) is 75.8 Å². The number of aliphatic hydroxyl groups is 2. The summed E-state index contributed by atoms with van der Waals surface area (Å²) in [5, 5.41) is 20.6. The lowest BCUT2D eigenvalue weighted by Gasteiger charge is -2.24. The summed E-state index contributed by atoms with van der Waals surface area (Å²) in [5.74, 6) is -2.55. The van der Waals surface area contributed by atoms with Gasteiger partial charge in [0, 0.05) is 17.1 Å². The molecule has 1 saturated heterocycles. The van der Waals surface area contributed by atoms with Crippen LogP contribution in [0.3, 0.4) is 0 Å². The third-order valence-electron chi connectivity index (χ3n) is 4.65. The fourth-order valence-corrected chi connectivity index (χ4v) is 3.37. The van der Waals surface area contributed by atoms with Crippen molar-refractivity contribution in [2.75, 3.05) is 20.3 Å². The van der Waals surface area contributed by atoms with Crippen LogP contribution in [-0.2, 0) is 14.3 Å². The SMILES string of the molecule is COC(=O)c1ccc(C2/C(=C(\O)c3ccc(Cl)cc3)C(=O)C(=O)N2CCO)cc1. The molecule has 0 bridgehead atoms. The second kappa shape index (κ2) is 8.46. The van der Waals surface area contributed by atoms with Crippen LogP contribution in [0, 0.1) is 0 Å². The maximum atomic E-state index is 12.7. The van der Waals surface area contributed by atoms with E-state index in [1.807, 2.05) is 0 Å². The van der Waals surface area contributed by atoms with Crippen molar-refractivity contribution < 1.29 is 29.3 Å². The van der Waals surface area contributed by atoms with Gasteiger partial charge in [0.05, 0.1) is 30.9 Å². The van der Waals surface area contributed by atoms with Crippen molar-refractivity contribution in [2.45, 2.75) is 6.04 Å². The number of likely N-dealkylation sites (tertiary alicyclic amines) is 1. The van der Waals surface area contributed by atoms with Gasteiger partial charge in [0.15, 0.2) is 0 Å². The summed E-state index contributed by atoms with van der Waals surface area (Å²) in [6, 6.07) is 11.4. The van der Waals surface area contributed by atoms with Crippen LogP contribution in [0.5, 0.6) is 0 Å². The number of ether oxygens (including phenoxy) is 1. The van der Waals surface area contributed by atoms with Crippen molar-refractivity contribution >= 4 is 35.0 Å². The highest BCUT2D eigenvalue weighted by Gasteiger charge is 2.45. The van der Waals surface area contributed by atoms with Gasteiger partial charge in [-0.15, -0.1) is 0 Å². The average molecular weight is 416 g/mol. The molecule has 3 rings (SSSR count). The molecule has 0 aliphatic carbocycles. The van der Waals surface area contributed by atoms with Gasteiger partial charge in [0.2, 0.25) is 0 Å². The van der Waals surface area contributed by atoms with Crippen LogP contribution in [0.2, 0.25) is 5.02 Å². The molecule has 1 aliphatic rings. The number of carbonyl (C=O) groups is 3. The Kier molecular flexibility index (Phi) is 6.00. The van der Waals surface area contributed by atoms with Gasteiger partial charge in [-0.3, -0.25) is 9.59 Å². The zero-order valence-electron chi connectivity index (χ0n) is 15.5. The average Bonchev–Trinajstić information content (AvgIpc) is 2.98. The van der Waals surface area contributed by atoms with Gasteiger partial charge >= 0.3 is 5.97 Å². The Morgan fingerprint density at radius 1 is 1.07 bits per heavy atom. The van der Waals surface area contributed by atoms with Crippen molar-refractivity contribution in [1.29, 1.82) is 0 Å². The number of carbonyl (C=O) groups excluding carboxylic acids is 3. The number of β-amino-alcohol motifs (C(OH)–C–C–N with tert-alkyl or cyclic N) is 1. The molecule has 2 aromatic carbocycles. The molecule has 0 radical (unpaired) electrons. The van der Waals surface area contributed by atoms with Crippen molar-refractivity contribution in [3.8, 4) is 0 Å². The van der Waals surface area contributed by atoms with E-state index in [2.05, 4.69) is 4.74 Å². The van der Waals surface area contributed by atoms with E-state index < -0.39 is 23.7 Å². The second-order valence-electron chi connectivity index (χ2n) is 6.34. The summed E-state index contributed by atoms with van der Waals surface area (Å²) >= 11 is 5.88. The first-order chi connectivity index (χ1) is 13.9. The molecule has 1 unspecified atom stereocenters. The predicted molar refractivity (Wildman–Crippen MR) is 105 cm³/mol. The first-order valence-electron chi connectivity index (χ1n) is 8.72. The van der Waals surface area contributed by atoms with Gasteiger partial charge in [-0.05, 0) is 42.0 Å². The molecule has 1 atom stereocenters. The highest BCUT2D eigenvalue weighted by atomic mass is 35.5. The molecular weight excluding hydrogens is 398 g/mol. The number of methoxy groups -OCH3 is 1. The van der Waals surface area contributed by atoms with Crippen LogP contribution < -0.4 is 0 Å². The molecule has 2 aromatic rings. The second-order valence-corrected chi connectivity index (χ2v) is 6.77. The van der Waals surface area contributed by atoms with E-state index in [1.165, 1.54) is 36.3 Å². The van der Waals surface area contributed by atoms with E-state index in [-0.39, 0.29) is 24.5 Å². The first-order valence-corrected chi connectivity index (χ1v) is 9.10. The minimum atomic E-state index is -0.912. The van der Waals surface area contributed by atoms with E-state index >= 15 is 0 Å². The molecule has 29 heavy (non-hydrogen) atoms.